The Balaban J connectivity index is 2.27. The predicted octanol–water partition coefficient (Wildman–Crippen LogP) is 2.62. The Bertz CT molecular complexity index is 438. The van der Waals surface area contributed by atoms with Gasteiger partial charge in [-0.2, -0.15) is 0 Å². The molecule has 1 aromatic carbocycles. The van der Waals surface area contributed by atoms with Gasteiger partial charge in [0.05, 0.1) is 6.04 Å². The maximum Gasteiger partial charge on any atom is 0.414 e. The van der Waals surface area contributed by atoms with Gasteiger partial charge in [0.2, 0.25) is 0 Å². The fraction of sp³-hybridized carbons (Fsp3) is 0.385. The van der Waals surface area contributed by atoms with Crippen LogP contribution in [0.3, 0.4) is 0 Å². The molecule has 0 aromatic heterocycles. The molecule has 2 rings (SSSR count). The van der Waals surface area contributed by atoms with Crippen LogP contribution < -0.4 is 4.90 Å². The Morgan fingerprint density at radius 3 is 2.59 bits per heavy atom. The molecular formula is C13H15NO3. The summed E-state index contributed by atoms with van der Waals surface area (Å²) in [4.78, 5) is 24.4. The predicted molar refractivity (Wildman–Crippen MR) is 64.4 cm³/mol. The number of ketones is 1. The first-order valence-electron chi connectivity index (χ1n) is 5.70. The van der Waals surface area contributed by atoms with Gasteiger partial charge < -0.3 is 4.74 Å². The smallest absolute Gasteiger partial charge is 0.414 e. The zero-order chi connectivity index (χ0) is 12.4. The molecule has 1 amide bonds. The highest BCUT2D eigenvalue weighted by atomic mass is 16.6. The molecule has 0 unspecified atom stereocenters. The fourth-order valence-corrected chi connectivity index (χ4v) is 1.93. The second-order valence-corrected chi connectivity index (χ2v) is 4.11. The summed E-state index contributed by atoms with van der Waals surface area (Å²) in [6, 6.07) is 7.12. The van der Waals surface area contributed by atoms with Crippen LogP contribution in [0.15, 0.2) is 24.3 Å². The summed E-state index contributed by atoms with van der Waals surface area (Å²) in [6.45, 7) is 3.97. The number of cyclic esters (lactones) is 1. The summed E-state index contributed by atoms with van der Waals surface area (Å²) in [5.41, 5.74) is 1.43. The average Bonchev–Trinajstić information content (AvgIpc) is 2.70. The second-order valence-electron chi connectivity index (χ2n) is 4.11. The van der Waals surface area contributed by atoms with E-state index in [0.29, 0.717) is 12.2 Å². The normalized spacial score (nSPS) is 19.3. The average molecular weight is 233 g/mol. The van der Waals surface area contributed by atoms with E-state index in [1.54, 1.807) is 29.2 Å². The van der Waals surface area contributed by atoms with Crippen LogP contribution in [0, 0.1) is 0 Å². The maximum atomic E-state index is 11.6. The minimum absolute atomic E-state index is 0.0209. The van der Waals surface area contributed by atoms with Crippen LogP contribution in [-0.2, 0) is 4.74 Å². The quantitative estimate of drug-likeness (QED) is 0.754. The van der Waals surface area contributed by atoms with E-state index in [2.05, 4.69) is 0 Å². The summed E-state index contributed by atoms with van der Waals surface area (Å²) in [6.07, 6.45) is 0.535. The van der Waals surface area contributed by atoms with Gasteiger partial charge in [0.1, 0.15) is 6.61 Å². The zero-order valence-corrected chi connectivity index (χ0v) is 9.97. The number of ether oxygens (including phenoxy) is 1. The van der Waals surface area contributed by atoms with Crippen molar-refractivity contribution >= 4 is 17.6 Å². The number of Topliss-reactive ketones (excluding diaryl/α,β-unsaturated/α-hetero) is 1. The third-order valence-corrected chi connectivity index (χ3v) is 2.98. The lowest BCUT2D eigenvalue weighted by atomic mass is 10.1. The van der Waals surface area contributed by atoms with E-state index in [0.717, 1.165) is 12.1 Å². The van der Waals surface area contributed by atoms with Crippen LogP contribution in [0.5, 0.6) is 0 Å². The van der Waals surface area contributed by atoms with Gasteiger partial charge in [0, 0.05) is 11.3 Å². The van der Waals surface area contributed by atoms with E-state index in [9.17, 15) is 9.59 Å². The van der Waals surface area contributed by atoms with E-state index in [-0.39, 0.29) is 17.9 Å². The highest BCUT2D eigenvalue weighted by molar-refractivity contribution is 5.95. The van der Waals surface area contributed by atoms with Crippen molar-refractivity contribution in [3.8, 4) is 0 Å². The standard InChI is InChI=1S/C13H15NO3/c1-3-11-8-17-13(16)14(11)12-6-4-10(5-7-12)9(2)15/h4-7,11H,3,8H2,1-2H3/t11-/m0/s1. The van der Waals surface area contributed by atoms with Crippen molar-refractivity contribution in [2.24, 2.45) is 0 Å². The van der Waals surface area contributed by atoms with Crippen LogP contribution in [0.4, 0.5) is 10.5 Å². The Hall–Kier alpha value is -1.84. The third-order valence-electron chi connectivity index (χ3n) is 2.98. The molecule has 1 aliphatic heterocycles. The van der Waals surface area contributed by atoms with Gasteiger partial charge in [-0.05, 0) is 37.6 Å². The minimum Gasteiger partial charge on any atom is -0.447 e. The number of hydrogen-bond donors (Lipinski definition) is 0. The summed E-state index contributed by atoms with van der Waals surface area (Å²) in [5.74, 6) is 0.0209. The number of rotatable bonds is 3. The summed E-state index contributed by atoms with van der Waals surface area (Å²) >= 11 is 0. The van der Waals surface area contributed by atoms with Gasteiger partial charge in [-0.25, -0.2) is 4.79 Å². The number of nitrogens with zero attached hydrogens (tertiary/aromatic N) is 1. The van der Waals surface area contributed by atoms with E-state index < -0.39 is 0 Å². The number of benzene rings is 1. The number of hydrogen-bond acceptors (Lipinski definition) is 3. The molecule has 4 nitrogen and oxygen atoms in total. The van der Waals surface area contributed by atoms with Gasteiger partial charge >= 0.3 is 6.09 Å². The summed E-state index contributed by atoms with van der Waals surface area (Å²) in [5, 5.41) is 0. The Morgan fingerprint density at radius 1 is 1.41 bits per heavy atom. The lowest BCUT2D eigenvalue weighted by Crippen LogP contribution is -2.32. The second kappa shape index (κ2) is 4.57. The highest BCUT2D eigenvalue weighted by Gasteiger charge is 2.32. The molecule has 90 valence electrons. The van der Waals surface area contributed by atoms with Crippen molar-refractivity contribution < 1.29 is 14.3 Å². The molecule has 0 radical (unpaired) electrons. The van der Waals surface area contributed by atoms with Crippen molar-refractivity contribution in [1.82, 2.24) is 0 Å². The number of carbonyl (C=O) groups excluding carboxylic acids is 2. The molecule has 1 fully saturated rings. The third kappa shape index (κ3) is 2.16. The largest absolute Gasteiger partial charge is 0.447 e. The van der Waals surface area contributed by atoms with Gasteiger partial charge in [-0.1, -0.05) is 6.92 Å². The Labute approximate surface area is 100 Å². The summed E-state index contributed by atoms with van der Waals surface area (Å²) in [7, 11) is 0. The van der Waals surface area contributed by atoms with Gasteiger partial charge in [-0.3, -0.25) is 9.69 Å². The summed E-state index contributed by atoms with van der Waals surface area (Å²) < 4.78 is 5.02. The molecule has 0 spiro atoms. The van der Waals surface area contributed by atoms with Crippen LogP contribution in [-0.4, -0.2) is 24.5 Å². The molecule has 1 atom stereocenters. The molecule has 4 heteroatoms. The van der Waals surface area contributed by atoms with Crippen LogP contribution >= 0.6 is 0 Å². The van der Waals surface area contributed by atoms with Crippen LogP contribution in [0.1, 0.15) is 30.6 Å². The molecule has 0 aliphatic carbocycles. The van der Waals surface area contributed by atoms with E-state index >= 15 is 0 Å². The molecule has 1 saturated heterocycles. The van der Waals surface area contributed by atoms with Gasteiger partial charge in [-0.15, -0.1) is 0 Å². The first kappa shape index (κ1) is 11.6. The van der Waals surface area contributed by atoms with Crippen LogP contribution in [0.25, 0.3) is 0 Å². The molecular weight excluding hydrogens is 218 g/mol. The van der Waals surface area contributed by atoms with E-state index in [1.807, 2.05) is 6.92 Å². The molecule has 1 aromatic rings. The van der Waals surface area contributed by atoms with Crippen molar-refractivity contribution in [3.63, 3.8) is 0 Å². The first-order valence-corrected chi connectivity index (χ1v) is 5.70. The van der Waals surface area contributed by atoms with Gasteiger partial charge in [0.25, 0.3) is 0 Å². The first-order chi connectivity index (χ1) is 8.13. The van der Waals surface area contributed by atoms with E-state index in [1.165, 1.54) is 6.92 Å². The molecule has 0 N–H and O–H groups in total. The fourth-order valence-electron chi connectivity index (χ4n) is 1.93. The zero-order valence-electron chi connectivity index (χ0n) is 9.97. The number of carbonyl (C=O) groups is 2. The highest BCUT2D eigenvalue weighted by Crippen LogP contribution is 2.24. The van der Waals surface area contributed by atoms with Gasteiger partial charge in [0.15, 0.2) is 5.78 Å². The van der Waals surface area contributed by atoms with E-state index in [4.69, 9.17) is 4.74 Å². The number of amides is 1. The van der Waals surface area contributed by atoms with Crippen LogP contribution in [0.2, 0.25) is 0 Å². The topological polar surface area (TPSA) is 46.6 Å². The molecule has 0 saturated carbocycles. The maximum absolute atomic E-state index is 11.6. The monoisotopic (exact) mass is 233 g/mol. The van der Waals surface area contributed by atoms with Crippen molar-refractivity contribution in [2.45, 2.75) is 26.3 Å². The molecule has 1 aliphatic rings. The number of anilines is 1. The molecule has 0 bridgehead atoms. The van der Waals surface area contributed by atoms with Crippen molar-refractivity contribution in [2.75, 3.05) is 11.5 Å². The molecule has 1 heterocycles. The minimum atomic E-state index is -0.313. The Kier molecular flexibility index (Phi) is 3.13. The Morgan fingerprint density at radius 2 is 2.06 bits per heavy atom. The van der Waals surface area contributed by atoms with Crippen molar-refractivity contribution in [3.05, 3.63) is 29.8 Å². The molecule has 17 heavy (non-hydrogen) atoms. The lowest BCUT2D eigenvalue weighted by Gasteiger charge is -2.20. The van der Waals surface area contributed by atoms with Crippen molar-refractivity contribution in [1.29, 1.82) is 0 Å². The lowest BCUT2D eigenvalue weighted by molar-refractivity contribution is 0.101. The SMILES string of the molecule is CC[C@H]1COC(=O)N1c1ccc(C(C)=O)cc1.